The van der Waals surface area contributed by atoms with Crippen molar-refractivity contribution < 1.29 is 14.6 Å². The van der Waals surface area contributed by atoms with Gasteiger partial charge >= 0.3 is 5.97 Å². The van der Waals surface area contributed by atoms with E-state index in [1.54, 1.807) is 0 Å². The first kappa shape index (κ1) is 22.4. The second-order valence-electron chi connectivity index (χ2n) is 7.99. The van der Waals surface area contributed by atoms with Crippen molar-refractivity contribution in [2.24, 2.45) is 0 Å². The van der Waals surface area contributed by atoms with Gasteiger partial charge in [-0.2, -0.15) is 0 Å². The number of benzene rings is 2. The number of aliphatic carboxylic acids is 1. The van der Waals surface area contributed by atoms with Crippen LogP contribution in [0.15, 0.2) is 30.3 Å². The number of nitrogens with one attached hydrogen (secondary N) is 1. The Morgan fingerprint density at radius 3 is 2.90 bits per heavy atom. The first-order chi connectivity index (χ1) is 14.4. The van der Waals surface area contributed by atoms with Gasteiger partial charge in [-0.25, -0.2) is 0 Å². The number of carboxylic acid groups (broad SMARTS) is 1. The van der Waals surface area contributed by atoms with E-state index >= 15 is 0 Å². The predicted molar refractivity (Wildman–Crippen MR) is 122 cm³/mol. The normalized spacial score (nSPS) is 15.3. The molecule has 1 unspecified atom stereocenters. The summed E-state index contributed by atoms with van der Waals surface area (Å²) in [5.41, 5.74) is 6.03. The number of nitrogens with zero attached hydrogens (tertiary/aromatic N) is 1. The van der Waals surface area contributed by atoms with Gasteiger partial charge in [0.15, 0.2) is 0 Å². The topological polar surface area (TPSA) is 61.8 Å². The maximum Gasteiger partial charge on any atom is 0.303 e. The van der Waals surface area contributed by atoms with Gasteiger partial charge in [-0.3, -0.25) is 4.79 Å². The van der Waals surface area contributed by atoms with Gasteiger partial charge in [-0.1, -0.05) is 29.8 Å². The number of hydrogen-bond donors (Lipinski definition) is 2. The molecule has 2 aromatic rings. The number of carboxylic acids is 1. The molecule has 162 valence electrons. The molecule has 2 N–H and O–H groups in total. The van der Waals surface area contributed by atoms with Crippen LogP contribution in [-0.2, 0) is 17.8 Å². The fourth-order valence-electron chi connectivity index (χ4n) is 4.16. The third kappa shape index (κ3) is 5.46. The number of halogens is 1. The van der Waals surface area contributed by atoms with E-state index in [2.05, 4.69) is 35.3 Å². The zero-order valence-corrected chi connectivity index (χ0v) is 18.8. The molecule has 3 rings (SSSR count). The first-order valence-corrected chi connectivity index (χ1v) is 11.0. The van der Waals surface area contributed by atoms with Crippen molar-refractivity contribution in [3.05, 3.63) is 57.6 Å². The Morgan fingerprint density at radius 2 is 2.17 bits per heavy atom. The monoisotopic (exact) mass is 430 g/mol. The standard InChI is InChI=1S/C24H31ClN2O3/c1-4-30-23-14-22(26-21-11-10-18-16(2)7-5-8-19(18)21)20(25)13-17(23)15-27(3)12-6-9-24(28)29/h5,7-8,13-14,21,26H,4,6,9-12,15H2,1-3H3,(H,28,29). The molecule has 0 radical (unpaired) electrons. The molecule has 0 spiro atoms. The van der Waals surface area contributed by atoms with E-state index in [0.717, 1.165) is 29.8 Å². The highest BCUT2D eigenvalue weighted by Gasteiger charge is 2.24. The summed E-state index contributed by atoms with van der Waals surface area (Å²) in [4.78, 5) is 12.8. The second kappa shape index (κ2) is 10.2. The quantitative estimate of drug-likeness (QED) is 0.525. The Bertz CT molecular complexity index is 900. The molecule has 0 amide bonds. The molecule has 0 heterocycles. The molecule has 1 atom stereocenters. The zero-order valence-electron chi connectivity index (χ0n) is 18.0. The Hall–Kier alpha value is -2.24. The van der Waals surface area contributed by atoms with E-state index in [1.807, 2.05) is 26.1 Å². The maximum atomic E-state index is 10.7. The van der Waals surface area contributed by atoms with Crippen molar-refractivity contribution in [3.63, 3.8) is 0 Å². The largest absolute Gasteiger partial charge is 0.493 e. The van der Waals surface area contributed by atoms with E-state index in [-0.39, 0.29) is 12.5 Å². The van der Waals surface area contributed by atoms with Crippen LogP contribution in [0.5, 0.6) is 5.75 Å². The van der Waals surface area contributed by atoms with Crippen LogP contribution in [-0.4, -0.2) is 36.2 Å². The maximum absolute atomic E-state index is 10.7. The van der Waals surface area contributed by atoms with E-state index in [9.17, 15) is 4.79 Å². The fraction of sp³-hybridized carbons (Fsp3) is 0.458. The molecule has 1 aliphatic carbocycles. The van der Waals surface area contributed by atoms with Gasteiger partial charge in [-0.15, -0.1) is 0 Å². The van der Waals surface area contributed by atoms with Crippen LogP contribution in [0.2, 0.25) is 5.02 Å². The Labute approximate surface area is 184 Å². The minimum atomic E-state index is -0.763. The van der Waals surface area contributed by atoms with Crippen molar-refractivity contribution in [1.82, 2.24) is 4.90 Å². The van der Waals surface area contributed by atoms with Gasteiger partial charge in [0.2, 0.25) is 0 Å². The summed E-state index contributed by atoms with van der Waals surface area (Å²) in [6.45, 7) is 6.07. The number of fused-ring (bicyclic) bond motifs is 1. The number of hydrogen-bond acceptors (Lipinski definition) is 4. The van der Waals surface area contributed by atoms with Crippen molar-refractivity contribution in [2.75, 3.05) is 25.5 Å². The molecule has 0 saturated carbocycles. The van der Waals surface area contributed by atoms with Crippen molar-refractivity contribution in [2.45, 2.75) is 52.1 Å². The summed E-state index contributed by atoms with van der Waals surface area (Å²) >= 11 is 6.65. The van der Waals surface area contributed by atoms with E-state index < -0.39 is 5.97 Å². The fourth-order valence-corrected chi connectivity index (χ4v) is 4.40. The van der Waals surface area contributed by atoms with Gasteiger partial charge < -0.3 is 20.1 Å². The van der Waals surface area contributed by atoms with Gasteiger partial charge in [-0.05, 0) is 69.5 Å². The molecule has 0 bridgehead atoms. The van der Waals surface area contributed by atoms with Crippen LogP contribution in [0.3, 0.4) is 0 Å². The van der Waals surface area contributed by atoms with Crippen molar-refractivity contribution in [1.29, 1.82) is 0 Å². The molecule has 0 saturated heterocycles. The van der Waals surface area contributed by atoms with Crippen LogP contribution in [0.4, 0.5) is 5.69 Å². The minimum absolute atomic E-state index is 0.175. The lowest BCUT2D eigenvalue weighted by Crippen LogP contribution is -2.20. The molecule has 5 nitrogen and oxygen atoms in total. The molecule has 0 aromatic heterocycles. The van der Waals surface area contributed by atoms with Crippen LogP contribution in [0.25, 0.3) is 0 Å². The summed E-state index contributed by atoms with van der Waals surface area (Å²) in [5.74, 6) is 0.0532. The molecular weight excluding hydrogens is 400 g/mol. The molecule has 6 heteroatoms. The lowest BCUT2D eigenvalue weighted by atomic mass is 10.0. The Kier molecular flexibility index (Phi) is 7.62. The molecule has 0 fully saturated rings. The first-order valence-electron chi connectivity index (χ1n) is 10.6. The number of anilines is 1. The SMILES string of the molecule is CCOc1cc(NC2CCc3c(C)cccc32)c(Cl)cc1CN(C)CCCC(=O)O. The number of carbonyl (C=O) groups is 1. The third-order valence-electron chi connectivity index (χ3n) is 5.66. The lowest BCUT2D eigenvalue weighted by molar-refractivity contribution is -0.137. The minimum Gasteiger partial charge on any atom is -0.493 e. The van der Waals surface area contributed by atoms with Crippen LogP contribution in [0.1, 0.15) is 54.5 Å². The van der Waals surface area contributed by atoms with Crippen LogP contribution in [0, 0.1) is 6.92 Å². The molecular formula is C24H31ClN2O3. The summed E-state index contributed by atoms with van der Waals surface area (Å²) in [6, 6.07) is 10.7. The highest BCUT2D eigenvalue weighted by Crippen LogP contribution is 2.39. The van der Waals surface area contributed by atoms with Gasteiger partial charge in [0, 0.05) is 24.6 Å². The van der Waals surface area contributed by atoms with Crippen molar-refractivity contribution in [3.8, 4) is 5.75 Å². The average molecular weight is 431 g/mol. The zero-order chi connectivity index (χ0) is 21.7. The predicted octanol–water partition coefficient (Wildman–Crippen LogP) is 5.44. The smallest absolute Gasteiger partial charge is 0.303 e. The van der Waals surface area contributed by atoms with Gasteiger partial charge in [0.1, 0.15) is 5.75 Å². The average Bonchev–Trinajstić information content (AvgIpc) is 3.09. The molecule has 1 aliphatic rings. The Balaban J connectivity index is 1.75. The summed E-state index contributed by atoms with van der Waals surface area (Å²) in [7, 11) is 1.98. The summed E-state index contributed by atoms with van der Waals surface area (Å²) < 4.78 is 5.91. The van der Waals surface area contributed by atoms with E-state index in [4.69, 9.17) is 21.4 Å². The molecule has 0 aliphatic heterocycles. The number of ether oxygens (including phenoxy) is 1. The molecule has 30 heavy (non-hydrogen) atoms. The van der Waals surface area contributed by atoms with Gasteiger partial charge in [0.05, 0.1) is 23.4 Å². The van der Waals surface area contributed by atoms with E-state index in [1.165, 1.54) is 16.7 Å². The summed E-state index contributed by atoms with van der Waals surface area (Å²) in [5, 5.41) is 13.1. The van der Waals surface area contributed by atoms with Crippen LogP contribution < -0.4 is 10.1 Å². The van der Waals surface area contributed by atoms with Crippen LogP contribution >= 0.6 is 11.6 Å². The van der Waals surface area contributed by atoms with Gasteiger partial charge in [0.25, 0.3) is 0 Å². The Morgan fingerprint density at radius 1 is 1.37 bits per heavy atom. The second-order valence-corrected chi connectivity index (χ2v) is 8.39. The van der Waals surface area contributed by atoms with E-state index in [0.29, 0.717) is 31.1 Å². The number of rotatable bonds is 10. The highest BCUT2D eigenvalue weighted by atomic mass is 35.5. The third-order valence-corrected chi connectivity index (χ3v) is 5.97. The molecule has 2 aromatic carbocycles. The number of aryl methyl sites for hydroxylation is 1. The lowest BCUT2D eigenvalue weighted by Gasteiger charge is -2.22. The summed E-state index contributed by atoms with van der Waals surface area (Å²) in [6.07, 6.45) is 2.92. The highest BCUT2D eigenvalue weighted by molar-refractivity contribution is 6.33. The van der Waals surface area contributed by atoms with Crippen molar-refractivity contribution >= 4 is 23.3 Å².